The van der Waals surface area contributed by atoms with Crippen LogP contribution in [0.2, 0.25) is 0 Å². The average molecular weight is 462 g/mol. The molecule has 2 aliphatic heterocycles. The molecule has 2 bridgehead atoms. The number of amidine groups is 2. The van der Waals surface area contributed by atoms with Crippen LogP contribution in [0.25, 0.3) is 0 Å². The quantitative estimate of drug-likeness (QED) is 0.429. The van der Waals surface area contributed by atoms with Crippen LogP contribution in [0.15, 0.2) is 71.7 Å². The van der Waals surface area contributed by atoms with Crippen LogP contribution in [-0.2, 0) is 11.8 Å². The second-order valence-corrected chi connectivity index (χ2v) is 11.5. The smallest absolute Gasteiger partial charge is 0.142 e. The third-order valence-electron chi connectivity index (χ3n) is 8.71. The molecule has 178 valence electrons. The van der Waals surface area contributed by atoms with E-state index in [1.165, 1.54) is 27.8 Å². The van der Waals surface area contributed by atoms with Crippen LogP contribution in [-0.4, -0.2) is 17.2 Å². The summed E-state index contributed by atoms with van der Waals surface area (Å²) in [4.78, 5) is 7.83. The molecule has 3 heteroatoms. The number of para-hydroxylation sites is 1. The molecule has 2 atom stereocenters. The van der Waals surface area contributed by atoms with Gasteiger partial charge in [0.1, 0.15) is 11.7 Å². The molecular formula is C32H35N3. The molecule has 0 aromatic heterocycles. The second-order valence-electron chi connectivity index (χ2n) is 11.5. The summed E-state index contributed by atoms with van der Waals surface area (Å²) in [5.41, 5.74) is 8.51. The lowest BCUT2D eigenvalue weighted by molar-refractivity contribution is 0.518. The molecule has 0 amide bonds. The van der Waals surface area contributed by atoms with Gasteiger partial charge in [-0.05, 0) is 53.4 Å². The van der Waals surface area contributed by atoms with Gasteiger partial charge in [-0.3, -0.25) is 15.3 Å². The number of nitrogens with zero attached hydrogens (tertiary/aromatic N) is 2. The van der Waals surface area contributed by atoms with E-state index in [2.05, 4.69) is 106 Å². The first-order valence-electron chi connectivity index (χ1n) is 13.1. The zero-order valence-corrected chi connectivity index (χ0v) is 21.5. The number of fused-ring (bicyclic) bond motifs is 4. The van der Waals surface area contributed by atoms with E-state index in [1.54, 1.807) is 0 Å². The minimum atomic E-state index is -0.0998. The first-order chi connectivity index (χ1) is 16.8. The third kappa shape index (κ3) is 3.10. The molecule has 3 nitrogen and oxygen atoms in total. The van der Waals surface area contributed by atoms with Gasteiger partial charge in [-0.2, -0.15) is 0 Å². The van der Waals surface area contributed by atoms with Crippen molar-refractivity contribution >= 4 is 17.4 Å². The summed E-state index contributed by atoms with van der Waals surface area (Å²) in [5.74, 6) is 2.15. The highest BCUT2D eigenvalue weighted by Gasteiger charge is 2.68. The molecular weight excluding hydrogens is 426 g/mol. The largest absolute Gasteiger partial charge is 0.283 e. The Bertz CT molecular complexity index is 1350. The van der Waals surface area contributed by atoms with Crippen molar-refractivity contribution < 1.29 is 0 Å². The first kappa shape index (κ1) is 22.3. The van der Waals surface area contributed by atoms with E-state index >= 15 is 0 Å². The van der Waals surface area contributed by atoms with Crippen LogP contribution in [0.1, 0.15) is 92.7 Å². The number of rotatable bonds is 3. The Morgan fingerprint density at radius 3 is 2.14 bits per heavy atom. The molecule has 1 unspecified atom stereocenters. The minimum Gasteiger partial charge on any atom is -0.283 e. The van der Waals surface area contributed by atoms with Crippen LogP contribution in [0.5, 0.6) is 0 Å². The van der Waals surface area contributed by atoms with Crippen LogP contribution in [0, 0.1) is 5.41 Å². The summed E-state index contributed by atoms with van der Waals surface area (Å²) in [5, 5.41) is 9.71. The predicted octanol–water partition coefficient (Wildman–Crippen LogP) is 7.57. The van der Waals surface area contributed by atoms with Crippen molar-refractivity contribution in [1.82, 2.24) is 0 Å². The van der Waals surface area contributed by atoms with E-state index in [4.69, 9.17) is 4.99 Å². The molecule has 1 spiro atoms. The Balaban J connectivity index is 1.71. The van der Waals surface area contributed by atoms with Crippen LogP contribution < -0.4 is 4.90 Å². The van der Waals surface area contributed by atoms with Gasteiger partial charge in [0.2, 0.25) is 0 Å². The molecule has 1 N–H and O–H groups in total. The van der Waals surface area contributed by atoms with Gasteiger partial charge < -0.3 is 0 Å². The van der Waals surface area contributed by atoms with Gasteiger partial charge in [-0.25, -0.2) is 0 Å². The Hall–Kier alpha value is -3.20. The number of hydrogen-bond donors (Lipinski definition) is 1. The summed E-state index contributed by atoms with van der Waals surface area (Å²) >= 11 is 0. The molecule has 3 aromatic rings. The van der Waals surface area contributed by atoms with Crippen LogP contribution in [0.4, 0.5) is 5.69 Å². The molecule has 0 saturated heterocycles. The van der Waals surface area contributed by atoms with Gasteiger partial charge in [0, 0.05) is 16.5 Å². The fourth-order valence-corrected chi connectivity index (χ4v) is 6.59. The third-order valence-corrected chi connectivity index (χ3v) is 8.71. The Labute approximate surface area is 209 Å². The fourth-order valence-electron chi connectivity index (χ4n) is 6.59. The fraction of sp³-hybridized carbons (Fsp3) is 0.375. The van der Waals surface area contributed by atoms with Crippen molar-refractivity contribution in [3.05, 3.63) is 100 Å². The SMILES string of the molecule is CC(C)c1cccc(C(C)C)c1N1C(=N)c2ccccc2CC[C@]23CC2(C)c2ccccc2C1=N3. The summed E-state index contributed by atoms with van der Waals surface area (Å²) in [7, 11) is 0. The number of benzene rings is 3. The van der Waals surface area contributed by atoms with E-state index < -0.39 is 0 Å². The zero-order chi connectivity index (χ0) is 24.5. The molecule has 1 aliphatic carbocycles. The van der Waals surface area contributed by atoms with Crippen molar-refractivity contribution in [2.45, 2.75) is 76.7 Å². The highest BCUT2D eigenvalue weighted by atomic mass is 15.3. The van der Waals surface area contributed by atoms with Gasteiger partial charge in [0.05, 0.1) is 11.2 Å². The normalized spacial score (nSPS) is 24.7. The van der Waals surface area contributed by atoms with Gasteiger partial charge >= 0.3 is 0 Å². The maximum atomic E-state index is 9.71. The summed E-state index contributed by atoms with van der Waals surface area (Å²) < 4.78 is 0. The van der Waals surface area contributed by atoms with Gasteiger partial charge in [0.15, 0.2) is 0 Å². The molecule has 3 aliphatic rings. The Morgan fingerprint density at radius 2 is 1.46 bits per heavy atom. The van der Waals surface area contributed by atoms with Crippen LogP contribution >= 0.6 is 0 Å². The molecule has 1 fully saturated rings. The highest BCUT2D eigenvalue weighted by molar-refractivity contribution is 6.30. The van der Waals surface area contributed by atoms with Crippen molar-refractivity contribution in [3.63, 3.8) is 0 Å². The van der Waals surface area contributed by atoms with Gasteiger partial charge in [0.25, 0.3) is 0 Å². The molecule has 1 saturated carbocycles. The minimum absolute atomic E-state index is 0.0681. The topological polar surface area (TPSA) is 39.5 Å². The Kier molecular flexibility index (Phi) is 4.87. The maximum Gasteiger partial charge on any atom is 0.142 e. The number of aryl methyl sites for hydroxylation is 1. The zero-order valence-electron chi connectivity index (χ0n) is 21.5. The first-order valence-corrected chi connectivity index (χ1v) is 13.1. The Morgan fingerprint density at radius 1 is 0.829 bits per heavy atom. The van der Waals surface area contributed by atoms with Crippen molar-refractivity contribution in [3.8, 4) is 0 Å². The van der Waals surface area contributed by atoms with Crippen molar-refractivity contribution in [2.24, 2.45) is 4.99 Å². The van der Waals surface area contributed by atoms with Crippen LogP contribution in [0.3, 0.4) is 0 Å². The molecule has 35 heavy (non-hydrogen) atoms. The summed E-state index contributed by atoms with van der Waals surface area (Å²) in [6.45, 7) is 11.4. The summed E-state index contributed by atoms with van der Waals surface area (Å²) in [6, 6.07) is 24.0. The van der Waals surface area contributed by atoms with E-state index in [0.29, 0.717) is 17.7 Å². The molecule has 6 rings (SSSR count). The predicted molar refractivity (Wildman–Crippen MR) is 146 cm³/mol. The number of hydrogen-bond acceptors (Lipinski definition) is 2. The van der Waals surface area contributed by atoms with Crippen molar-refractivity contribution in [2.75, 3.05) is 4.90 Å². The van der Waals surface area contributed by atoms with E-state index in [1.807, 2.05) is 0 Å². The van der Waals surface area contributed by atoms with E-state index in [-0.39, 0.29) is 11.0 Å². The maximum absolute atomic E-state index is 9.71. The molecule has 2 heterocycles. The summed E-state index contributed by atoms with van der Waals surface area (Å²) in [6.07, 6.45) is 3.04. The monoisotopic (exact) mass is 461 g/mol. The lowest BCUT2D eigenvalue weighted by Gasteiger charge is -2.37. The van der Waals surface area contributed by atoms with E-state index in [9.17, 15) is 5.41 Å². The number of aliphatic imine (C=N–C) groups is 1. The number of nitrogens with one attached hydrogen (secondary N) is 1. The second kappa shape index (κ2) is 7.65. The molecule has 3 aromatic carbocycles. The highest BCUT2D eigenvalue weighted by Crippen LogP contribution is 2.65. The number of anilines is 1. The average Bonchev–Trinajstić information content (AvgIpc) is 3.47. The molecule has 0 radical (unpaired) electrons. The van der Waals surface area contributed by atoms with Gasteiger partial charge in [-0.1, -0.05) is 101 Å². The van der Waals surface area contributed by atoms with Gasteiger partial charge in [-0.15, -0.1) is 0 Å². The van der Waals surface area contributed by atoms with Crippen molar-refractivity contribution in [1.29, 1.82) is 5.41 Å². The lowest BCUT2D eigenvalue weighted by atomic mass is 9.83. The lowest BCUT2D eigenvalue weighted by Crippen LogP contribution is -2.43. The van der Waals surface area contributed by atoms with E-state index in [0.717, 1.165) is 36.3 Å². The standard InChI is InChI=1S/C32H35N3/c1-20(2)23-14-10-15-24(21(3)4)28(23)35-29(33)25-12-7-6-11-22(25)17-18-32-19-31(32,5)27-16-9-8-13-26(27)30(35)34-32/h6-16,20-21,33H,17-19H2,1-5H3/t31?,32-/m0/s1.